The Labute approximate surface area is 167 Å². The Morgan fingerprint density at radius 3 is 2.14 bits per heavy atom. The predicted molar refractivity (Wildman–Crippen MR) is 113 cm³/mol. The summed E-state index contributed by atoms with van der Waals surface area (Å²) in [5, 5.41) is 0. The highest BCUT2D eigenvalue weighted by molar-refractivity contribution is 5.73. The van der Waals surface area contributed by atoms with Crippen LogP contribution in [0, 0.1) is 0 Å². The smallest absolute Gasteiger partial charge is 0.228 e. The minimum Gasteiger partial charge on any atom is -0.356 e. The van der Waals surface area contributed by atoms with Gasteiger partial charge in [-0.05, 0) is 12.8 Å². The molecule has 0 spiro atoms. The molecule has 148 valence electrons. The van der Waals surface area contributed by atoms with Gasteiger partial charge in [-0.15, -0.1) is 0 Å². The SMILES string of the molecule is CC(=O)N1CCN(c2nc(-c3ccccc3)cc(N3CCCCCC3)n2)CC1. The lowest BCUT2D eigenvalue weighted by atomic mass is 10.1. The van der Waals surface area contributed by atoms with E-state index in [0.717, 1.165) is 62.3 Å². The Morgan fingerprint density at radius 2 is 1.50 bits per heavy atom. The second-order valence-corrected chi connectivity index (χ2v) is 7.67. The molecule has 0 saturated carbocycles. The molecule has 4 rings (SSSR count). The van der Waals surface area contributed by atoms with Gasteiger partial charge in [0, 0.05) is 57.8 Å². The van der Waals surface area contributed by atoms with Crippen LogP contribution in [0.15, 0.2) is 36.4 Å². The van der Waals surface area contributed by atoms with E-state index in [9.17, 15) is 4.79 Å². The van der Waals surface area contributed by atoms with Crippen LogP contribution in [0.25, 0.3) is 11.3 Å². The van der Waals surface area contributed by atoms with Crippen LogP contribution in [0.5, 0.6) is 0 Å². The van der Waals surface area contributed by atoms with Gasteiger partial charge in [0.1, 0.15) is 5.82 Å². The molecule has 0 radical (unpaired) electrons. The number of carbonyl (C=O) groups excluding carboxylic acids is 1. The van der Waals surface area contributed by atoms with E-state index in [-0.39, 0.29) is 5.91 Å². The molecule has 0 unspecified atom stereocenters. The van der Waals surface area contributed by atoms with Crippen LogP contribution < -0.4 is 9.80 Å². The van der Waals surface area contributed by atoms with Crippen molar-refractivity contribution in [3.05, 3.63) is 36.4 Å². The summed E-state index contributed by atoms with van der Waals surface area (Å²) in [4.78, 5) is 28.0. The molecule has 2 aliphatic rings. The van der Waals surface area contributed by atoms with Gasteiger partial charge in [-0.3, -0.25) is 4.79 Å². The van der Waals surface area contributed by atoms with E-state index in [1.165, 1.54) is 25.7 Å². The van der Waals surface area contributed by atoms with Crippen molar-refractivity contribution < 1.29 is 4.79 Å². The van der Waals surface area contributed by atoms with Crippen molar-refractivity contribution in [1.29, 1.82) is 0 Å². The Morgan fingerprint density at radius 1 is 0.821 bits per heavy atom. The molecule has 3 heterocycles. The molecule has 2 aliphatic heterocycles. The number of aromatic nitrogens is 2. The van der Waals surface area contributed by atoms with Crippen LogP contribution in [0.2, 0.25) is 0 Å². The third kappa shape index (κ3) is 4.26. The van der Waals surface area contributed by atoms with Gasteiger partial charge in [-0.1, -0.05) is 43.2 Å². The summed E-state index contributed by atoms with van der Waals surface area (Å²) in [5.41, 5.74) is 2.09. The molecule has 28 heavy (non-hydrogen) atoms. The average molecular weight is 380 g/mol. The highest BCUT2D eigenvalue weighted by atomic mass is 16.2. The Kier molecular flexibility index (Phi) is 5.74. The Bertz CT molecular complexity index is 794. The number of hydrogen-bond donors (Lipinski definition) is 0. The second kappa shape index (κ2) is 8.59. The third-order valence-electron chi connectivity index (χ3n) is 5.71. The lowest BCUT2D eigenvalue weighted by molar-refractivity contribution is -0.129. The molecule has 6 heteroatoms. The first-order chi connectivity index (χ1) is 13.7. The van der Waals surface area contributed by atoms with E-state index in [4.69, 9.17) is 9.97 Å². The summed E-state index contributed by atoms with van der Waals surface area (Å²) in [5.74, 6) is 1.95. The maximum Gasteiger partial charge on any atom is 0.228 e. The fourth-order valence-electron chi connectivity index (χ4n) is 4.00. The summed E-state index contributed by atoms with van der Waals surface area (Å²) in [6.45, 7) is 6.76. The minimum absolute atomic E-state index is 0.142. The second-order valence-electron chi connectivity index (χ2n) is 7.67. The zero-order chi connectivity index (χ0) is 19.3. The third-order valence-corrected chi connectivity index (χ3v) is 5.71. The molecule has 6 nitrogen and oxygen atoms in total. The van der Waals surface area contributed by atoms with Gasteiger partial charge < -0.3 is 14.7 Å². The maximum atomic E-state index is 11.6. The molecule has 1 aromatic carbocycles. The van der Waals surface area contributed by atoms with E-state index in [1.54, 1.807) is 6.92 Å². The lowest BCUT2D eigenvalue weighted by Crippen LogP contribution is -2.48. The monoisotopic (exact) mass is 379 g/mol. The molecule has 2 fully saturated rings. The van der Waals surface area contributed by atoms with Crippen molar-refractivity contribution in [1.82, 2.24) is 14.9 Å². The molecular weight excluding hydrogens is 350 g/mol. The number of hydrogen-bond acceptors (Lipinski definition) is 5. The van der Waals surface area contributed by atoms with Gasteiger partial charge in [0.2, 0.25) is 11.9 Å². The lowest BCUT2D eigenvalue weighted by Gasteiger charge is -2.34. The summed E-state index contributed by atoms with van der Waals surface area (Å²) in [6.07, 6.45) is 5.04. The number of amides is 1. The van der Waals surface area contributed by atoms with Crippen molar-refractivity contribution in [2.75, 3.05) is 49.1 Å². The van der Waals surface area contributed by atoms with Crippen LogP contribution in [-0.4, -0.2) is 60.0 Å². The van der Waals surface area contributed by atoms with E-state index in [1.807, 2.05) is 23.1 Å². The summed E-state index contributed by atoms with van der Waals surface area (Å²) in [6, 6.07) is 12.5. The van der Waals surface area contributed by atoms with E-state index in [2.05, 4.69) is 28.0 Å². The first kappa shape index (κ1) is 18.7. The summed E-state index contributed by atoms with van der Waals surface area (Å²) < 4.78 is 0. The fourth-order valence-corrected chi connectivity index (χ4v) is 4.00. The van der Waals surface area contributed by atoms with Crippen molar-refractivity contribution in [2.24, 2.45) is 0 Å². The maximum absolute atomic E-state index is 11.6. The zero-order valence-electron chi connectivity index (χ0n) is 16.7. The molecule has 2 saturated heterocycles. The van der Waals surface area contributed by atoms with Crippen LogP contribution in [0.3, 0.4) is 0 Å². The number of carbonyl (C=O) groups is 1. The number of piperazine rings is 1. The molecule has 2 aromatic rings. The Balaban J connectivity index is 1.65. The van der Waals surface area contributed by atoms with Crippen molar-refractivity contribution in [2.45, 2.75) is 32.6 Å². The molecule has 0 N–H and O–H groups in total. The molecular formula is C22H29N5O. The van der Waals surface area contributed by atoms with Crippen LogP contribution in [0.1, 0.15) is 32.6 Å². The standard InChI is InChI=1S/C22H29N5O/c1-18(28)25-13-15-27(16-14-25)22-23-20(19-9-5-4-6-10-19)17-21(24-22)26-11-7-2-3-8-12-26/h4-6,9-10,17H,2-3,7-8,11-16H2,1H3. The molecule has 1 aromatic heterocycles. The van der Waals surface area contributed by atoms with E-state index < -0.39 is 0 Å². The van der Waals surface area contributed by atoms with Gasteiger partial charge in [0.05, 0.1) is 5.69 Å². The van der Waals surface area contributed by atoms with Gasteiger partial charge in [-0.2, -0.15) is 4.98 Å². The molecule has 0 bridgehead atoms. The van der Waals surface area contributed by atoms with Crippen LogP contribution in [-0.2, 0) is 4.79 Å². The van der Waals surface area contributed by atoms with E-state index >= 15 is 0 Å². The quantitative estimate of drug-likeness (QED) is 0.820. The van der Waals surface area contributed by atoms with Gasteiger partial charge in [0.15, 0.2) is 0 Å². The number of rotatable bonds is 3. The number of nitrogens with zero attached hydrogens (tertiary/aromatic N) is 5. The highest BCUT2D eigenvalue weighted by Crippen LogP contribution is 2.27. The largest absolute Gasteiger partial charge is 0.356 e. The van der Waals surface area contributed by atoms with Gasteiger partial charge >= 0.3 is 0 Å². The van der Waals surface area contributed by atoms with E-state index in [0.29, 0.717) is 0 Å². The predicted octanol–water partition coefficient (Wildman–Crippen LogP) is 3.19. The van der Waals surface area contributed by atoms with Crippen molar-refractivity contribution in [3.8, 4) is 11.3 Å². The fraction of sp³-hybridized carbons (Fsp3) is 0.500. The first-order valence-electron chi connectivity index (χ1n) is 10.4. The molecule has 1 amide bonds. The normalized spacial score (nSPS) is 18.1. The van der Waals surface area contributed by atoms with Gasteiger partial charge in [0.25, 0.3) is 0 Å². The number of anilines is 2. The van der Waals surface area contributed by atoms with Gasteiger partial charge in [-0.25, -0.2) is 4.98 Å². The Hall–Kier alpha value is -2.63. The van der Waals surface area contributed by atoms with Crippen LogP contribution >= 0.6 is 0 Å². The highest BCUT2D eigenvalue weighted by Gasteiger charge is 2.22. The minimum atomic E-state index is 0.142. The van der Waals surface area contributed by atoms with Crippen molar-refractivity contribution in [3.63, 3.8) is 0 Å². The summed E-state index contributed by atoms with van der Waals surface area (Å²) >= 11 is 0. The number of benzene rings is 1. The first-order valence-corrected chi connectivity index (χ1v) is 10.4. The van der Waals surface area contributed by atoms with Crippen molar-refractivity contribution >= 4 is 17.7 Å². The molecule has 0 aliphatic carbocycles. The molecule has 0 atom stereocenters. The average Bonchev–Trinajstić information content (AvgIpc) is 3.04. The zero-order valence-corrected chi connectivity index (χ0v) is 16.7. The topological polar surface area (TPSA) is 52.6 Å². The van der Waals surface area contributed by atoms with Crippen LogP contribution in [0.4, 0.5) is 11.8 Å². The summed E-state index contributed by atoms with van der Waals surface area (Å²) in [7, 11) is 0.